The van der Waals surface area contributed by atoms with Gasteiger partial charge in [-0.1, -0.05) is 176 Å². The first-order valence-corrected chi connectivity index (χ1v) is 24.3. The van der Waals surface area contributed by atoms with E-state index < -0.39 is 0 Å². The lowest BCUT2D eigenvalue weighted by atomic mass is 9.69. The highest BCUT2D eigenvalue weighted by Gasteiger charge is 2.45. The molecule has 0 N–H and O–H groups in total. The van der Waals surface area contributed by atoms with Crippen LogP contribution >= 0.6 is 0 Å². The van der Waals surface area contributed by atoms with Crippen molar-refractivity contribution in [3.05, 3.63) is 227 Å². The monoisotopic (exact) mass is 820 g/mol. The first-order chi connectivity index (χ1) is 31.8. The Morgan fingerprint density at radius 2 is 1.41 bits per heavy atom. The van der Waals surface area contributed by atoms with E-state index in [1.165, 1.54) is 119 Å². The largest absolute Gasteiger partial charge is 0.0882 e. The Hall–Kier alpha value is -6.50. The van der Waals surface area contributed by atoms with Crippen LogP contribution in [-0.2, 0) is 0 Å². The van der Waals surface area contributed by atoms with Gasteiger partial charge in [0.2, 0.25) is 0 Å². The SMILES string of the molecule is C1=CCC(C2=CCC(C3C=CCCC3)C=C2C2C=CC3=C(C2)c2cc4c(-c5ccccc5)c5c(c(-c6ccccc6)c4c4cccc3c24)C2=CC3=C(C=CCC3)C3C=CC=C5C23)C=C1. The average Bonchev–Trinajstić information content (AvgIpc) is 3.87. The molecule has 6 unspecified atom stereocenters. The normalized spacial score (nSPS) is 26.8. The first-order valence-electron chi connectivity index (χ1n) is 24.3. The molecule has 9 aliphatic carbocycles. The molecule has 0 amide bonds. The van der Waals surface area contributed by atoms with Crippen molar-refractivity contribution in [2.45, 2.75) is 51.4 Å². The van der Waals surface area contributed by atoms with Crippen molar-refractivity contribution < 1.29 is 0 Å². The van der Waals surface area contributed by atoms with Crippen molar-refractivity contribution in [1.82, 2.24) is 0 Å². The van der Waals surface area contributed by atoms with Crippen molar-refractivity contribution >= 4 is 43.8 Å². The molecule has 0 bridgehead atoms. The molecule has 0 heterocycles. The highest BCUT2D eigenvalue weighted by atomic mass is 14.5. The van der Waals surface area contributed by atoms with Crippen molar-refractivity contribution in [2.75, 3.05) is 0 Å². The smallest absolute Gasteiger partial charge is 0.0206 e. The molecule has 14 rings (SSSR count). The van der Waals surface area contributed by atoms with Gasteiger partial charge in [-0.2, -0.15) is 0 Å². The summed E-state index contributed by atoms with van der Waals surface area (Å²) in [6.45, 7) is 0. The lowest BCUT2D eigenvalue weighted by Crippen LogP contribution is -2.21. The molecule has 0 fully saturated rings. The predicted molar refractivity (Wildman–Crippen MR) is 271 cm³/mol. The van der Waals surface area contributed by atoms with Gasteiger partial charge in [0, 0.05) is 23.7 Å². The van der Waals surface area contributed by atoms with Crippen molar-refractivity contribution in [2.24, 2.45) is 35.5 Å². The van der Waals surface area contributed by atoms with Crippen molar-refractivity contribution in [1.29, 1.82) is 0 Å². The van der Waals surface area contributed by atoms with Gasteiger partial charge in [0.05, 0.1) is 0 Å². The highest BCUT2D eigenvalue weighted by Crippen LogP contribution is 2.63. The summed E-state index contributed by atoms with van der Waals surface area (Å²) >= 11 is 0. The summed E-state index contributed by atoms with van der Waals surface area (Å²) in [7, 11) is 0. The van der Waals surface area contributed by atoms with Gasteiger partial charge in [0.25, 0.3) is 0 Å². The first kappa shape index (κ1) is 36.9. The van der Waals surface area contributed by atoms with Gasteiger partial charge >= 0.3 is 0 Å². The van der Waals surface area contributed by atoms with Gasteiger partial charge in [0.1, 0.15) is 0 Å². The summed E-state index contributed by atoms with van der Waals surface area (Å²) in [6, 6.07) is 32.7. The van der Waals surface area contributed by atoms with E-state index in [1.807, 2.05) is 0 Å². The summed E-state index contributed by atoms with van der Waals surface area (Å²) in [4.78, 5) is 0. The Labute approximate surface area is 377 Å². The third kappa shape index (κ3) is 5.41. The molecular formula is C64H52. The number of hydrogen-bond acceptors (Lipinski definition) is 0. The van der Waals surface area contributed by atoms with E-state index in [0.29, 0.717) is 35.5 Å². The molecular weight excluding hydrogens is 769 g/mol. The molecule has 308 valence electrons. The van der Waals surface area contributed by atoms with E-state index in [2.05, 4.69) is 182 Å². The molecule has 5 aromatic carbocycles. The van der Waals surface area contributed by atoms with Crippen LogP contribution in [0.4, 0.5) is 0 Å². The zero-order valence-corrected chi connectivity index (χ0v) is 36.4. The summed E-state index contributed by atoms with van der Waals surface area (Å²) in [5.41, 5.74) is 23.3. The van der Waals surface area contributed by atoms with Crippen LogP contribution in [0.2, 0.25) is 0 Å². The third-order valence-corrected chi connectivity index (χ3v) is 16.5. The van der Waals surface area contributed by atoms with E-state index in [0.717, 1.165) is 32.1 Å². The Kier molecular flexibility index (Phi) is 8.38. The molecule has 0 radical (unpaired) electrons. The number of hydrogen-bond donors (Lipinski definition) is 0. The van der Waals surface area contributed by atoms with Gasteiger partial charge in [-0.3, -0.25) is 0 Å². The Bertz CT molecular complexity index is 3260. The minimum atomic E-state index is 0.310. The quantitative estimate of drug-likeness (QED) is 0.122. The van der Waals surface area contributed by atoms with Crippen LogP contribution in [0.25, 0.3) is 66.1 Å². The third-order valence-electron chi connectivity index (χ3n) is 16.5. The summed E-state index contributed by atoms with van der Waals surface area (Å²) in [5, 5.41) is 5.61. The fraction of sp³-hybridized carbons (Fsp3) is 0.219. The van der Waals surface area contributed by atoms with E-state index in [9.17, 15) is 0 Å². The van der Waals surface area contributed by atoms with Gasteiger partial charge < -0.3 is 0 Å². The molecule has 6 atom stereocenters. The maximum atomic E-state index is 2.75. The van der Waals surface area contributed by atoms with E-state index in [4.69, 9.17) is 0 Å². The summed E-state index contributed by atoms with van der Waals surface area (Å²) in [5.74, 6) is 2.66. The van der Waals surface area contributed by atoms with Crippen LogP contribution in [0.15, 0.2) is 204 Å². The maximum absolute atomic E-state index is 2.75. The lowest BCUT2D eigenvalue weighted by molar-refractivity contribution is 0.414. The standard InChI is InChI=1S/C64H52/c1-5-17-39(18-6-1)43-31-33-47(40-19-7-2-8-20-40)53(35-43)45-32-34-48-50-28-16-29-51-60(50)55(54(48)36-45)38-57-58(41-21-9-3-10-22-41)63-52-30-15-27-49-46-26-14-13-25-44(46)37-56(61(49)52)64(63)59(62(51)57)42-23-11-4-12-24-42/h2-5,7-12,14-17,19,21-24,26-30,32-35,37-40,43,45,49,61H,1,6,13,18,20,25,31,36H2. The molecule has 9 aliphatic rings. The second-order valence-corrected chi connectivity index (χ2v) is 19.8. The predicted octanol–water partition coefficient (Wildman–Crippen LogP) is 16.7. The zero-order chi connectivity index (χ0) is 41.9. The van der Waals surface area contributed by atoms with Gasteiger partial charge in [-0.25, -0.2) is 0 Å². The Morgan fingerprint density at radius 3 is 2.23 bits per heavy atom. The maximum Gasteiger partial charge on any atom is 0.0206 e. The van der Waals surface area contributed by atoms with Crippen molar-refractivity contribution in [3.8, 4) is 22.3 Å². The Balaban J connectivity index is 1.01. The van der Waals surface area contributed by atoms with Crippen LogP contribution in [0, 0.1) is 35.5 Å². The summed E-state index contributed by atoms with van der Waals surface area (Å²) < 4.78 is 0. The van der Waals surface area contributed by atoms with Gasteiger partial charge in [-0.15, -0.1) is 0 Å². The van der Waals surface area contributed by atoms with Crippen LogP contribution < -0.4 is 0 Å². The van der Waals surface area contributed by atoms with Crippen LogP contribution in [0.1, 0.15) is 73.6 Å². The molecule has 0 aliphatic heterocycles. The molecule has 0 spiro atoms. The van der Waals surface area contributed by atoms with Gasteiger partial charge in [0.15, 0.2) is 0 Å². The van der Waals surface area contributed by atoms with E-state index >= 15 is 0 Å². The van der Waals surface area contributed by atoms with Crippen LogP contribution in [0.5, 0.6) is 0 Å². The second kappa shape index (κ2) is 14.5. The van der Waals surface area contributed by atoms with Crippen molar-refractivity contribution in [3.63, 3.8) is 0 Å². The number of fused-ring (bicyclic) bond motifs is 8. The van der Waals surface area contributed by atoms with E-state index in [1.54, 1.807) is 11.1 Å². The number of benzene rings is 5. The molecule has 0 saturated heterocycles. The number of rotatable bonds is 5. The lowest BCUT2D eigenvalue weighted by Gasteiger charge is -2.34. The van der Waals surface area contributed by atoms with Crippen LogP contribution in [-0.4, -0.2) is 0 Å². The molecule has 0 nitrogen and oxygen atoms in total. The number of allylic oxidation sites excluding steroid dienone is 24. The molecule has 0 aromatic heterocycles. The Morgan fingerprint density at radius 1 is 0.547 bits per heavy atom. The summed E-state index contributed by atoms with van der Waals surface area (Å²) in [6.07, 6.45) is 49.0. The molecule has 0 heteroatoms. The fourth-order valence-corrected chi connectivity index (χ4v) is 13.8. The highest BCUT2D eigenvalue weighted by molar-refractivity contribution is 6.30. The molecule has 0 saturated carbocycles. The minimum Gasteiger partial charge on any atom is -0.0882 e. The fourth-order valence-electron chi connectivity index (χ4n) is 13.8. The van der Waals surface area contributed by atoms with Crippen LogP contribution in [0.3, 0.4) is 0 Å². The van der Waals surface area contributed by atoms with E-state index in [-0.39, 0.29) is 0 Å². The molecule has 5 aromatic rings. The minimum absolute atomic E-state index is 0.310. The average molecular weight is 821 g/mol. The molecule has 64 heavy (non-hydrogen) atoms. The zero-order valence-electron chi connectivity index (χ0n) is 36.4. The second-order valence-electron chi connectivity index (χ2n) is 19.8. The topological polar surface area (TPSA) is 0 Å². The van der Waals surface area contributed by atoms with Gasteiger partial charge in [-0.05, 0) is 180 Å².